The van der Waals surface area contributed by atoms with Crippen LogP contribution in [0, 0.1) is 11.8 Å². The van der Waals surface area contributed by atoms with Crippen molar-refractivity contribution in [3.05, 3.63) is 51.7 Å². The van der Waals surface area contributed by atoms with Gasteiger partial charge in [-0.25, -0.2) is 4.79 Å². The van der Waals surface area contributed by atoms with Gasteiger partial charge in [0.15, 0.2) is 0 Å². The van der Waals surface area contributed by atoms with Crippen LogP contribution in [-0.4, -0.2) is 38.6 Å². The van der Waals surface area contributed by atoms with E-state index in [1.165, 1.54) is 10.6 Å². The lowest BCUT2D eigenvalue weighted by molar-refractivity contribution is -0.132. The summed E-state index contributed by atoms with van der Waals surface area (Å²) in [5.74, 6) is 0.517. The van der Waals surface area contributed by atoms with Gasteiger partial charge in [-0.15, -0.1) is 0 Å². The Morgan fingerprint density at radius 1 is 1.19 bits per heavy atom. The lowest BCUT2D eigenvalue weighted by atomic mass is 10.00. The van der Waals surface area contributed by atoms with E-state index in [1.54, 1.807) is 21.4 Å². The summed E-state index contributed by atoms with van der Waals surface area (Å²) in [5, 5.41) is 0.589. The molecule has 0 unspecified atom stereocenters. The number of hydrogen-bond donors (Lipinski definition) is 1. The number of hydrogen-bond acceptors (Lipinski definition) is 5. The largest absolute Gasteiger partial charge is 0.338 e. The summed E-state index contributed by atoms with van der Waals surface area (Å²) < 4.78 is 6.65. The molecule has 0 spiro atoms. The first-order valence-corrected chi connectivity index (χ1v) is 11.8. The van der Waals surface area contributed by atoms with E-state index in [1.807, 2.05) is 18.2 Å². The Labute approximate surface area is 185 Å². The molecular formula is C23H28N4O3S. The van der Waals surface area contributed by atoms with Gasteiger partial charge in [0.2, 0.25) is 5.91 Å². The minimum absolute atomic E-state index is 0.105. The molecule has 0 bridgehead atoms. The Hall–Kier alpha value is -2.32. The third-order valence-electron chi connectivity index (χ3n) is 6.63. The van der Waals surface area contributed by atoms with Crippen LogP contribution >= 0.6 is 11.9 Å². The predicted molar refractivity (Wildman–Crippen MR) is 122 cm³/mol. The maximum absolute atomic E-state index is 13.3. The van der Waals surface area contributed by atoms with Crippen LogP contribution in [0.1, 0.15) is 32.6 Å². The normalized spacial score (nSPS) is 20.0. The average Bonchev–Trinajstić information content (AvgIpc) is 3.66. The van der Waals surface area contributed by atoms with Crippen molar-refractivity contribution in [1.82, 2.24) is 18.8 Å². The van der Waals surface area contributed by atoms with E-state index in [4.69, 9.17) is 0 Å². The molecule has 164 valence electrons. The summed E-state index contributed by atoms with van der Waals surface area (Å²) in [6.45, 7) is 7.81. The van der Waals surface area contributed by atoms with Crippen LogP contribution in [0.15, 0.2) is 45.3 Å². The Morgan fingerprint density at radius 2 is 1.90 bits per heavy atom. The minimum Gasteiger partial charge on any atom is -0.338 e. The van der Waals surface area contributed by atoms with Crippen molar-refractivity contribution in [2.45, 2.75) is 56.1 Å². The van der Waals surface area contributed by atoms with Crippen molar-refractivity contribution in [2.75, 3.05) is 13.1 Å². The van der Waals surface area contributed by atoms with Crippen molar-refractivity contribution in [3.63, 3.8) is 0 Å². The molecule has 0 atom stereocenters. The van der Waals surface area contributed by atoms with Gasteiger partial charge in [0, 0.05) is 42.5 Å². The summed E-state index contributed by atoms with van der Waals surface area (Å²) >= 11 is 1.55. The zero-order chi connectivity index (χ0) is 21.8. The van der Waals surface area contributed by atoms with E-state index in [9.17, 15) is 14.4 Å². The van der Waals surface area contributed by atoms with Gasteiger partial charge < -0.3 is 4.90 Å². The van der Waals surface area contributed by atoms with Gasteiger partial charge >= 0.3 is 5.69 Å². The fraction of sp³-hybridized carbons (Fsp3) is 0.522. The minimum atomic E-state index is -0.236. The number of rotatable bonds is 8. The fourth-order valence-corrected chi connectivity index (χ4v) is 4.97. The van der Waals surface area contributed by atoms with Gasteiger partial charge in [0.1, 0.15) is 0 Å². The summed E-state index contributed by atoms with van der Waals surface area (Å²) in [7, 11) is 0. The van der Waals surface area contributed by atoms with Crippen molar-refractivity contribution < 1.29 is 4.79 Å². The van der Waals surface area contributed by atoms with Crippen LogP contribution < -0.4 is 16.0 Å². The molecule has 1 aromatic carbocycles. The predicted octanol–water partition coefficient (Wildman–Crippen LogP) is 2.37. The Kier molecular flexibility index (Phi) is 5.09. The van der Waals surface area contributed by atoms with E-state index in [2.05, 4.69) is 18.2 Å². The first-order chi connectivity index (χ1) is 14.9. The highest BCUT2D eigenvalue weighted by atomic mass is 32.2. The Balaban J connectivity index is 1.47. The number of carbonyl (C=O) groups is 1. The monoisotopic (exact) mass is 440 g/mol. The third kappa shape index (κ3) is 4.11. The number of fused-ring (bicyclic) bond motifs is 1. The lowest BCUT2D eigenvalue weighted by Crippen LogP contribution is -2.53. The number of nitrogens with zero attached hydrogens (tertiary/aromatic N) is 3. The molecule has 31 heavy (non-hydrogen) atoms. The van der Waals surface area contributed by atoms with Crippen molar-refractivity contribution in [1.29, 1.82) is 0 Å². The first kappa shape index (κ1) is 20.6. The van der Waals surface area contributed by atoms with Crippen LogP contribution in [0.4, 0.5) is 0 Å². The number of carbonyl (C=O) groups excluding carboxylic acids is 1. The van der Waals surface area contributed by atoms with E-state index >= 15 is 0 Å². The fourth-order valence-electron chi connectivity index (χ4n) is 4.09. The van der Waals surface area contributed by atoms with Gasteiger partial charge in [0.05, 0.1) is 10.9 Å². The molecule has 1 aliphatic heterocycles. The van der Waals surface area contributed by atoms with E-state index in [0.29, 0.717) is 37.5 Å². The van der Waals surface area contributed by atoms with E-state index in [0.717, 1.165) is 36.1 Å². The lowest BCUT2D eigenvalue weighted by Gasteiger charge is -2.38. The second kappa shape index (κ2) is 7.67. The Morgan fingerprint density at radius 3 is 2.55 bits per heavy atom. The van der Waals surface area contributed by atoms with Gasteiger partial charge in [-0.05, 0) is 74.7 Å². The zero-order valence-corrected chi connectivity index (χ0v) is 18.6. The van der Waals surface area contributed by atoms with Crippen molar-refractivity contribution >= 4 is 28.8 Å². The van der Waals surface area contributed by atoms with Crippen LogP contribution in [0.5, 0.6) is 0 Å². The molecule has 8 heteroatoms. The van der Waals surface area contributed by atoms with Crippen LogP contribution in [0.3, 0.4) is 0 Å². The quantitative estimate of drug-likeness (QED) is 0.504. The molecule has 2 aromatic rings. The van der Waals surface area contributed by atoms with Gasteiger partial charge in [0.25, 0.3) is 5.56 Å². The van der Waals surface area contributed by atoms with E-state index < -0.39 is 0 Å². The SMILES string of the molecule is C=CC(=O)N1CC(Cn2c(=O)c3cc(SNC4(C)CC4)ccc3n(CC3CC3)c2=O)C1. The van der Waals surface area contributed by atoms with Crippen molar-refractivity contribution in [2.24, 2.45) is 11.8 Å². The molecule has 2 heterocycles. The first-order valence-electron chi connectivity index (χ1n) is 11.0. The molecule has 2 saturated carbocycles. The van der Waals surface area contributed by atoms with Gasteiger partial charge in [-0.3, -0.25) is 23.4 Å². The molecule has 1 saturated heterocycles. The molecule has 3 fully saturated rings. The summed E-state index contributed by atoms with van der Waals surface area (Å²) in [6, 6.07) is 5.82. The summed E-state index contributed by atoms with van der Waals surface area (Å²) in [6.07, 6.45) is 5.88. The highest BCUT2D eigenvalue weighted by molar-refractivity contribution is 7.97. The number of benzene rings is 1. The number of amides is 1. The van der Waals surface area contributed by atoms with Gasteiger partial charge in [-0.1, -0.05) is 6.58 Å². The standard InChI is InChI=1S/C23H28N4O3S/c1-3-20(28)25-11-16(12-25)14-27-21(29)18-10-17(31-24-23(2)8-9-23)6-7-19(18)26(22(27)30)13-15-4-5-15/h3,6-7,10,15-16,24H,1,4-5,8-9,11-14H2,2H3. The highest BCUT2D eigenvalue weighted by Gasteiger charge is 2.37. The smallest absolute Gasteiger partial charge is 0.331 e. The second-order valence-electron chi connectivity index (χ2n) is 9.51. The zero-order valence-electron chi connectivity index (χ0n) is 17.8. The molecule has 1 N–H and O–H groups in total. The maximum Gasteiger partial charge on any atom is 0.331 e. The molecule has 5 rings (SSSR count). The molecule has 0 radical (unpaired) electrons. The molecule has 7 nitrogen and oxygen atoms in total. The Bertz CT molecular complexity index is 1170. The van der Waals surface area contributed by atoms with Crippen LogP contribution in [0.2, 0.25) is 0 Å². The molecular weight excluding hydrogens is 412 g/mol. The molecule has 1 aromatic heterocycles. The molecule has 2 aliphatic carbocycles. The van der Waals surface area contributed by atoms with Crippen molar-refractivity contribution in [3.8, 4) is 0 Å². The number of aromatic nitrogens is 2. The number of nitrogens with one attached hydrogen (secondary N) is 1. The summed E-state index contributed by atoms with van der Waals surface area (Å²) in [5.41, 5.74) is 0.434. The van der Waals surface area contributed by atoms with Crippen LogP contribution in [0.25, 0.3) is 10.9 Å². The van der Waals surface area contributed by atoms with Gasteiger partial charge in [-0.2, -0.15) is 0 Å². The molecule has 3 aliphatic rings. The molecule has 1 amide bonds. The average molecular weight is 441 g/mol. The second-order valence-corrected chi connectivity index (χ2v) is 10.4. The topological polar surface area (TPSA) is 76.3 Å². The number of likely N-dealkylation sites (tertiary alicyclic amines) is 1. The highest BCUT2D eigenvalue weighted by Crippen LogP contribution is 2.37. The third-order valence-corrected chi connectivity index (χ3v) is 7.72. The maximum atomic E-state index is 13.3. The summed E-state index contributed by atoms with van der Waals surface area (Å²) in [4.78, 5) is 41.0. The van der Waals surface area contributed by atoms with E-state index in [-0.39, 0.29) is 28.6 Å². The van der Waals surface area contributed by atoms with Crippen LogP contribution in [-0.2, 0) is 17.9 Å².